The monoisotopic (exact) mass is 248 g/mol. The fourth-order valence-corrected chi connectivity index (χ4v) is 2.60. The smallest absolute Gasteiger partial charge is 0.0447 e. The van der Waals surface area contributed by atoms with E-state index in [0.29, 0.717) is 0 Å². The van der Waals surface area contributed by atoms with Crippen LogP contribution in [0.25, 0.3) is 0 Å². The van der Waals surface area contributed by atoms with Crippen LogP contribution >= 0.6 is 0 Å². The Labute approximate surface area is 110 Å². The average molecular weight is 248 g/mol. The van der Waals surface area contributed by atoms with E-state index >= 15 is 0 Å². The van der Waals surface area contributed by atoms with Crippen molar-refractivity contribution in [3.8, 4) is 0 Å². The lowest BCUT2D eigenvalue weighted by Crippen LogP contribution is -2.36. The van der Waals surface area contributed by atoms with Gasteiger partial charge in [0.25, 0.3) is 0 Å². The number of rotatable bonds is 6. The minimum Gasteiger partial charge on any atom is -0.396 e. The van der Waals surface area contributed by atoms with Gasteiger partial charge in [-0.1, -0.05) is 18.2 Å². The van der Waals surface area contributed by atoms with Crippen molar-refractivity contribution in [3.63, 3.8) is 0 Å². The summed E-state index contributed by atoms with van der Waals surface area (Å²) in [6.45, 7) is 4.63. The number of anilines is 1. The first-order chi connectivity index (χ1) is 8.90. The van der Waals surface area contributed by atoms with Crippen LogP contribution in [-0.2, 0) is 0 Å². The quantitative estimate of drug-likeness (QED) is 0.807. The van der Waals surface area contributed by atoms with Gasteiger partial charge in [-0.15, -0.1) is 0 Å². The predicted octanol–water partition coefficient (Wildman–Crippen LogP) is 1.87. The molecule has 0 aromatic heterocycles. The fourth-order valence-electron chi connectivity index (χ4n) is 2.60. The number of para-hydroxylation sites is 1. The maximum absolute atomic E-state index is 9.03. The molecule has 0 unspecified atom stereocenters. The molecule has 0 aliphatic carbocycles. The number of hydrogen-bond donors (Lipinski definition) is 2. The first-order valence-corrected chi connectivity index (χ1v) is 7.01. The highest BCUT2D eigenvalue weighted by atomic mass is 16.3. The zero-order valence-corrected chi connectivity index (χ0v) is 11.0. The van der Waals surface area contributed by atoms with Gasteiger partial charge in [0.2, 0.25) is 0 Å². The van der Waals surface area contributed by atoms with Crippen LogP contribution in [0.5, 0.6) is 0 Å². The summed E-state index contributed by atoms with van der Waals surface area (Å²) in [5, 5.41) is 12.4. The van der Waals surface area contributed by atoms with E-state index in [9.17, 15) is 0 Å². The Kier molecular flexibility index (Phi) is 5.49. The second-order valence-electron chi connectivity index (χ2n) is 5.05. The van der Waals surface area contributed by atoms with Crippen LogP contribution in [0.15, 0.2) is 30.3 Å². The molecule has 0 spiro atoms. The lowest BCUT2D eigenvalue weighted by atomic mass is 9.97. The number of nitrogens with one attached hydrogen (secondary N) is 1. The van der Waals surface area contributed by atoms with Gasteiger partial charge >= 0.3 is 0 Å². The van der Waals surface area contributed by atoms with Crippen LogP contribution in [0.3, 0.4) is 0 Å². The summed E-state index contributed by atoms with van der Waals surface area (Å²) < 4.78 is 0. The highest BCUT2D eigenvalue weighted by Gasteiger charge is 2.17. The molecule has 1 fully saturated rings. The van der Waals surface area contributed by atoms with E-state index < -0.39 is 0 Å². The summed E-state index contributed by atoms with van der Waals surface area (Å²) in [5.74, 6) is 0.783. The molecule has 1 aromatic rings. The molecule has 0 atom stereocenters. The number of piperidine rings is 1. The number of nitrogens with zero attached hydrogens (tertiary/aromatic N) is 1. The molecule has 0 radical (unpaired) electrons. The van der Waals surface area contributed by atoms with Crippen molar-refractivity contribution >= 4 is 5.69 Å². The van der Waals surface area contributed by atoms with Crippen LogP contribution in [0.2, 0.25) is 0 Å². The Morgan fingerprint density at radius 3 is 2.56 bits per heavy atom. The van der Waals surface area contributed by atoms with E-state index in [4.69, 9.17) is 5.11 Å². The van der Waals surface area contributed by atoms with Crippen LogP contribution in [0.1, 0.15) is 19.3 Å². The van der Waals surface area contributed by atoms with Crippen molar-refractivity contribution in [3.05, 3.63) is 30.3 Å². The number of benzene rings is 1. The molecule has 18 heavy (non-hydrogen) atoms. The number of aliphatic hydroxyl groups is 1. The van der Waals surface area contributed by atoms with Crippen LogP contribution in [0.4, 0.5) is 5.69 Å². The standard InChI is InChI=1S/C15H24N2O/c18-12-4-11-17(15-5-2-1-3-6-15)13-14-7-9-16-10-8-14/h1-3,5-6,14,16,18H,4,7-13H2. The fraction of sp³-hybridized carbons (Fsp3) is 0.600. The van der Waals surface area contributed by atoms with Gasteiger partial charge in [0.15, 0.2) is 0 Å². The molecular weight excluding hydrogens is 224 g/mol. The van der Waals surface area contributed by atoms with Crippen LogP contribution in [0, 0.1) is 5.92 Å². The second kappa shape index (κ2) is 7.39. The zero-order chi connectivity index (χ0) is 12.6. The van der Waals surface area contributed by atoms with Gasteiger partial charge in [0, 0.05) is 25.4 Å². The molecule has 1 aliphatic heterocycles. The molecule has 1 aromatic carbocycles. The van der Waals surface area contributed by atoms with E-state index in [1.807, 2.05) is 0 Å². The molecule has 100 valence electrons. The first-order valence-electron chi connectivity index (χ1n) is 7.01. The van der Waals surface area contributed by atoms with Crippen LogP contribution < -0.4 is 10.2 Å². The van der Waals surface area contributed by atoms with Crippen molar-refractivity contribution in [2.45, 2.75) is 19.3 Å². The third kappa shape index (κ3) is 4.00. The third-order valence-electron chi connectivity index (χ3n) is 3.64. The Hall–Kier alpha value is -1.06. The Morgan fingerprint density at radius 1 is 1.17 bits per heavy atom. The van der Waals surface area contributed by atoms with E-state index in [1.54, 1.807) is 0 Å². The summed E-state index contributed by atoms with van der Waals surface area (Å²) >= 11 is 0. The summed E-state index contributed by atoms with van der Waals surface area (Å²) in [4.78, 5) is 2.42. The van der Waals surface area contributed by atoms with Crippen molar-refractivity contribution in [2.24, 2.45) is 5.92 Å². The normalized spacial score (nSPS) is 16.7. The molecule has 2 rings (SSSR count). The van der Waals surface area contributed by atoms with E-state index in [-0.39, 0.29) is 6.61 Å². The van der Waals surface area contributed by atoms with Crippen molar-refractivity contribution in [1.82, 2.24) is 5.32 Å². The maximum Gasteiger partial charge on any atom is 0.0447 e. The highest BCUT2D eigenvalue weighted by Crippen LogP contribution is 2.19. The second-order valence-corrected chi connectivity index (χ2v) is 5.05. The lowest BCUT2D eigenvalue weighted by Gasteiger charge is -2.31. The third-order valence-corrected chi connectivity index (χ3v) is 3.64. The molecule has 3 nitrogen and oxygen atoms in total. The van der Waals surface area contributed by atoms with Crippen molar-refractivity contribution in [2.75, 3.05) is 37.7 Å². The minimum absolute atomic E-state index is 0.273. The van der Waals surface area contributed by atoms with Crippen molar-refractivity contribution in [1.29, 1.82) is 0 Å². The topological polar surface area (TPSA) is 35.5 Å². The largest absolute Gasteiger partial charge is 0.396 e. The van der Waals surface area contributed by atoms with Gasteiger partial charge in [-0.25, -0.2) is 0 Å². The van der Waals surface area contributed by atoms with E-state index in [2.05, 4.69) is 40.5 Å². The van der Waals surface area contributed by atoms with E-state index in [1.165, 1.54) is 18.5 Å². The van der Waals surface area contributed by atoms with Gasteiger partial charge in [-0.2, -0.15) is 0 Å². The summed E-state index contributed by atoms with van der Waals surface area (Å²) in [7, 11) is 0. The molecule has 2 N–H and O–H groups in total. The van der Waals surface area contributed by atoms with Gasteiger partial charge in [0.1, 0.15) is 0 Å². The Bertz CT molecular complexity index is 323. The maximum atomic E-state index is 9.03. The predicted molar refractivity (Wildman–Crippen MR) is 76.0 cm³/mol. The Balaban J connectivity index is 1.95. The Morgan fingerprint density at radius 2 is 1.89 bits per heavy atom. The molecule has 3 heteroatoms. The number of aliphatic hydroxyl groups excluding tert-OH is 1. The van der Waals surface area contributed by atoms with Gasteiger partial charge in [0.05, 0.1) is 0 Å². The van der Waals surface area contributed by atoms with E-state index in [0.717, 1.165) is 38.5 Å². The van der Waals surface area contributed by atoms with Crippen molar-refractivity contribution < 1.29 is 5.11 Å². The first kappa shape index (κ1) is 13.4. The molecule has 1 aliphatic rings. The van der Waals surface area contributed by atoms with Crippen LogP contribution in [-0.4, -0.2) is 37.9 Å². The number of hydrogen-bond acceptors (Lipinski definition) is 3. The molecule has 0 saturated carbocycles. The summed E-state index contributed by atoms with van der Waals surface area (Å²) in [6, 6.07) is 10.6. The summed E-state index contributed by atoms with van der Waals surface area (Å²) in [6.07, 6.45) is 3.38. The lowest BCUT2D eigenvalue weighted by molar-refractivity contribution is 0.287. The van der Waals surface area contributed by atoms with Gasteiger partial charge < -0.3 is 15.3 Å². The minimum atomic E-state index is 0.273. The SMILES string of the molecule is OCCCN(CC1CCNCC1)c1ccccc1. The average Bonchev–Trinajstić information content (AvgIpc) is 2.45. The molecule has 1 saturated heterocycles. The zero-order valence-electron chi connectivity index (χ0n) is 11.0. The molecular formula is C15H24N2O. The summed E-state index contributed by atoms with van der Waals surface area (Å²) in [5.41, 5.74) is 1.28. The molecule has 1 heterocycles. The molecule has 0 amide bonds. The molecule has 0 bridgehead atoms. The highest BCUT2D eigenvalue weighted by molar-refractivity contribution is 5.45. The van der Waals surface area contributed by atoms with Gasteiger partial charge in [-0.05, 0) is 50.4 Å². The van der Waals surface area contributed by atoms with Gasteiger partial charge in [-0.3, -0.25) is 0 Å².